The molecule has 148 valence electrons. The lowest BCUT2D eigenvalue weighted by molar-refractivity contribution is -0.139. The Morgan fingerprint density at radius 3 is 2.52 bits per heavy atom. The molecule has 1 aromatic heterocycles. The molecular weight excluding hydrogens is 364 g/mol. The van der Waals surface area contributed by atoms with Crippen LogP contribution in [0.4, 0.5) is 5.13 Å². The lowest BCUT2D eigenvalue weighted by Gasteiger charge is -2.44. The highest BCUT2D eigenvalue weighted by Gasteiger charge is 2.42. The van der Waals surface area contributed by atoms with Gasteiger partial charge in [0.25, 0.3) is 0 Å². The zero-order valence-electron chi connectivity index (χ0n) is 16.1. The van der Waals surface area contributed by atoms with E-state index in [-0.39, 0.29) is 30.1 Å². The summed E-state index contributed by atoms with van der Waals surface area (Å²) >= 11 is 1.45. The largest absolute Gasteiger partial charge is 0.381 e. The molecule has 4 heterocycles. The van der Waals surface area contributed by atoms with Crippen molar-refractivity contribution in [1.82, 2.24) is 15.1 Å². The zero-order chi connectivity index (χ0) is 19.0. The molecule has 1 aromatic rings. The molecule has 3 saturated heterocycles. The number of piperidine rings is 1. The molecule has 0 saturated carbocycles. The number of carbonyl (C=O) groups is 2. The van der Waals surface area contributed by atoms with E-state index in [0.29, 0.717) is 17.1 Å². The number of ether oxygens (including phenoxy) is 1. The van der Waals surface area contributed by atoms with Gasteiger partial charge in [-0.05, 0) is 31.1 Å². The summed E-state index contributed by atoms with van der Waals surface area (Å²) in [5.41, 5.74) is 0.367. The van der Waals surface area contributed by atoms with E-state index in [0.717, 1.165) is 57.0 Å². The van der Waals surface area contributed by atoms with Crippen molar-refractivity contribution in [2.24, 2.45) is 11.3 Å². The van der Waals surface area contributed by atoms with Crippen molar-refractivity contribution in [1.29, 1.82) is 0 Å². The first kappa shape index (κ1) is 18.8. The van der Waals surface area contributed by atoms with Crippen LogP contribution in [0.25, 0.3) is 0 Å². The van der Waals surface area contributed by atoms with Crippen LogP contribution < -0.4 is 4.90 Å². The van der Waals surface area contributed by atoms with Crippen LogP contribution in [0.1, 0.15) is 56.9 Å². The second-order valence-corrected chi connectivity index (χ2v) is 9.41. The normalized spacial score (nSPS) is 25.6. The Labute approximate surface area is 164 Å². The molecule has 0 N–H and O–H groups in total. The van der Waals surface area contributed by atoms with Crippen molar-refractivity contribution in [3.05, 3.63) is 5.01 Å². The number of rotatable bonds is 3. The van der Waals surface area contributed by atoms with Gasteiger partial charge in [0, 0.05) is 45.2 Å². The van der Waals surface area contributed by atoms with Gasteiger partial charge in [0.15, 0.2) is 0 Å². The number of hydrogen-bond acceptors (Lipinski definition) is 6. The average Bonchev–Trinajstić information content (AvgIpc) is 3.29. The van der Waals surface area contributed by atoms with Gasteiger partial charge in [-0.1, -0.05) is 25.2 Å². The third-order valence-corrected chi connectivity index (χ3v) is 7.57. The highest BCUT2D eigenvalue weighted by molar-refractivity contribution is 7.15. The van der Waals surface area contributed by atoms with Gasteiger partial charge in [-0.25, -0.2) is 0 Å². The first-order valence-electron chi connectivity index (χ1n) is 9.98. The van der Waals surface area contributed by atoms with Crippen molar-refractivity contribution in [3.63, 3.8) is 0 Å². The van der Waals surface area contributed by atoms with Crippen LogP contribution in [0.3, 0.4) is 0 Å². The zero-order valence-corrected chi connectivity index (χ0v) is 17.0. The molecule has 3 aliphatic rings. The molecule has 7 nitrogen and oxygen atoms in total. The minimum Gasteiger partial charge on any atom is -0.381 e. The monoisotopic (exact) mass is 392 g/mol. The van der Waals surface area contributed by atoms with E-state index < -0.39 is 0 Å². The number of amides is 2. The van der Waals surface area contributed by atoms with E-state index in [9.17, 15) is 9.59 Å². The van der Waals surface area contributed by atoms with Gasteiger partial charge in [0.2, 0.25) is 16.9 Å². The maximum atomic E-state index is 13.0. The molecule has 0 radical (unpaired) electrons. The van der Waals surface area contributed by atoms with Crippen LogP contribution in [0.2, 0.25) is 0 Å². The summed E-state index contributed by atoms with van der Waals surface area (Å²) in [6.07, 6.45) is 4.62. The Balaban J connectivity index is 1.36. The standard InChI is InChI=1S/C19H28N4O3S/c1-13(2)16-20-21-18(27-16)23-12-14(11-15(23)24)17(25)22-7-3-19(4-8-22)5-9-26-10-6-19/h13-14H,3-12H2,1-2H3. The Morgan fingerprint density at radius 1 is 1.19 bits per heavy atom. The molecule has 0 aromatic carbocycles. The lowest BCUT2D eigenvalue weighted by Crippen LogP contribution is -2.47. The van der Waals surface area contributed by atoms with Gasteiger partial charge in [0.1, 0.15) is 5.01 Å². The van der Waals surface area contributed by atoms with Crippen molar-refractivity contribution >= 4 is 28.3 Å². The SMILES string of the molecule is CC(C)c1nnc(N2CC(C(=O)N3CCC4(CCOCC4)CC3)CC2=O)s1. The van der Waals surface area contributed by atoms with Crippen LogP contribution in [0, 0.1) is 11.3 Å². The number of carbonyl (C=O) groups excluding carboxylic acids is 2. The Kier molecular flexibility index (Phi) is 5.20. The fourth-order valence-electron chi connectivity index (χ4n) is 4.39. The molecular formula is C19H28N4O3S. The summed E-state index contributed by atoms with van der Waals surface area (Å²) in [5.74, 6) is 0.143. The maximum absolute atomic E-state index is 13.0. The second kappa shape index (κ2) is 7.47. The summed E-state index contributed by atoms with van der Waals surface area (Å²) in [7, 11) is 0. The third kappa shape index (κ3) is 3.74. The quantitative estimate of drug-likeness (QED) is 0.790. The topological polar surface area (TPSA) is 75.6 Å². The van der Waals surface area contributed by atoms with Crippen LogP contribution in [0.15, 0.2) is 0 Å². The van der Waals surface area contributed by atoms with Gasteiger partial charge >= 0.3 is 0 Å². The molecule has 1 unspecified atom stereocenters. The predicted molar refractivity (Wildman–Crippen MR) is 103 cm³/mol. The summed E-state index contributed by atoms with van der Waals surface area (Å²) in [6, 6.07) is 0. The minimum atomic E-state index is -0.257. The number of anilines is 1. The summed E-state index contributed by atoms with van der Waals surface area (Å²) in [4.78, 5) is 29.1. The first-order valence-corrected chi connectivity index (χ1v) is 10.8. The highest BCUT2D eigenvalue weighted by atomic mass is 32.1. The summed E-state index contributed by atoms with van der Waals surface area (Å²) in [6.45, 7) is 7.86. The predicted octanol–water partition coefficient (Wildman–Crippen LogP) is 2.43. The number of hydrogen-bond donors (Lipinski definition) is 0. The maximum Gasteiger partial charge on any atom is 0.229 e. The van der Waals surface area contributed by atoms with Crippen LogP contribution in [-0.4, -0.2) is 59.8 Å². The smallest absolute Gasteiger partial charge is 0.229 e. The average molecular weight is 393 g/mol. The van der Waals surface area contributed by atoms with Crippen molar-refractivity contribution in [3.8, 4) is 0 Å². The highest BCUT2D eigenvalue weighted by Crippen LogP contribution is 2.41. The van der Waals surface area contributed by atoms with E-state index in [1.54, 1.807) is 4.90 Å². The van der Waals surface area contributed by atoms with E-state index in [2.05, 4.69) is 24.0 Å². The van der Waals surface area contributed by atoms with Gasteiger partial charge < -0.3 is 9.64 Å². The number of nitrogens with zero attached hydrogens (tertiary/aromatic N) is 4. The molecule has 3 aliphatic heterocycles. The van der Waals surface area contributed by atoms with Crippen LogP contribution in [0.5, 0.6) is 0 Å². The number of aromatic nitrogens is 2. The van der Waals surface area contributed by atoms with E-state index in [1.165, 1.54) is 11.3 Å². The summed E-state index contributed by atoms with van der Waals surface area (Å²) in [5, 5.41) is 9.89. The molecule has 2 amide bonds. The van der Waals surface area contributed by atoms with Gasteiger partial charge in [0.05, 0.1) is 5.92 Å². The Bertz CT molecular complexity index is 704. The summed E-state index contributed by atoms with van der Waals surface area (Å²) < 4.78 is 5.50. The van der Waals surface area contributed by atoms with Crippen molar-refractivity contribution in [2.45, 2.75) is 51.9 Å². The van der Waals surface area contributed by atoms with Crippen LogP contribution >= 0.6 is 11.3 Å². The Morgan fingerprint density at radius 2 is 1.89 bits per heavy atom. The van der Waals surface area contributed by atoms with E-state index >= 15 is 0 Å². The molecule has 27 heavy (non-hydrogen) atoms. The molecule has 0 bridgehead atoms. The molecule has 0 aliphatic carbocycles. The lowest BCUT2D eigenvalue weighted by atomic mass is 9.72. The third-order valence-electron chi connectivity index (χ3n) is 6.32. The second-order valence-electron chi connectivity index (χ2n) is 8.42. The fraction of sp³-hybridized carbons (Fsp3) is 0.789. The molecule has 8 heteroatoms. The number of likely N-dealkylation sites (tertiary alicyclic amines) is 1. The van der Waals surface area contributed by atoms with Gasteiger partial charge in [-0.3, -0.25) is 14.5 Å². The molecule has 1 atom stereocenters. The van der Waals surface area contributed by atoms with Crippen molar-refractivity contribution in [2.75, 3.05) is 37.7 Å². The molecule has 1 spiro atoms. The fourth-order valence-corrected chi connectivity index (χ4v) is 5.26. The van der Waals surface area contributed by atoms with E-state index in [1.807, 2.05) is 4.90 Å². The minimum absolute atomic E-state index is 0.0160. The van der Waals surface area contributed by atoms with Crippen molar-refractivity contribution < 1.29 is 14.3 Å². The van der Waals surface area contributed by atoms with Gasteiger partial charge in [-0.2, -0.15) is 0 Å². The molecule has 3 fully saturated rings. The van der Waals surface area contributed by atoms with Crippen LogP contribution in [-0.2, 0) is 14.3 Å². The molecule has 4 rings (SSSR count). The van der Waals surface area contributed by atoms with E-state index in [4.69, 9.17) is 4.74 Å². The van der Waals surface area contributed by atoms with Gasteiger partial charge in [-0.15, -0.1) is 10.2 Å². The Hall–Kier alpha value is -1.54. The first-order chi connectivity index (χ1) is 13.0.